The molecule has 0 aliphatic rings. The lowest BCUT2D eigenvalue weighted by Crippen LogP contribution is -1.97. The molecule has 0 fully saturated rings. The van der Waals surface area contributed by atoms with Gasteiger partial charge in [-0.1, -0.05) is 41.7 Å². The van der Waals surface area contributed by atoms with Crippen molar-refractivity contribution in [2.45, 2.75) is 13.5 Å². The molecule has 0 radical (unpaired) electrons. The van der Waals surface area contributed by atoms with E-state index >= 15 is 0 Å². The van der Waals surface area contributed by atoms with Gasteiger partial charge in [0.2, 0.25) is 0 Å². The maximum Gasteiger partial charge on any atom is 0.128 e. The normalized spacial score (nSPS) is 9.75. The fraction of sp³-hybridized carbons (Fsp3) is 0.176. The Hall–Kier alpha value is -2.31. The SMILES string of the molecule is Cc1ccc(COc2cc(F)cc(C#CCN)c2)cc1. The standard InChI is InChI=1S/C17H16FNO/c1-13-4-6-14(7-5-13)12-20-17-10-15(3-2-8-19)9-16(18)11-17/h4-7,9-11H,8,12,19H2,1H3. The van der Waals surface area contributed by atoms with Crippen molar-refractivity contribution in [3.05, 3.63) is 65.0 Å². The summed E-state index contributed by atoms with van der Waals surface area (Å²) in [4.78, 5) is 0. The van der Waals surface area contributed by atoms with Gasteiger partial charge in [-0.3, -0.25) is 0 Å². The molecule has 2 aromatic rings. The molecule has 20 heavy (non-hydrogen) atoms. The Morgan fingerprint density at radius 1 is 1.15 bits per heavy atom. The van der Waals surface area contributed by atoms with Gasteiger partial charge in [-0.25, -0.2) is 4.39 Å². The average molecular weight is 269 g/mol. The van der Waals surface area contributed by atoms with Crippen LogP contribution in [0.3, 0.4) is 0 Å². The van der Waals surface area contributed by atoms with Gasteiger partial charge < -0.3 is 10.5 Å². The first kappa shape index (κ1) is 14.1. The second kappa shape index (κ2) is 6.74. The van der Waals surface area contributed by atoms with E-state index in [0.717, 1.165) is 5.56 Å². The summed E-state index contributed by atoms with van der Waals surface area (Å²) in [5, 5.41) is 0. The van der Waals surface area contributed by atoms with Crippen LogP contribution in [-0.4, -0.2) is 6.54 Å². The smallest absolute Gasteiger partial charge is 0.128 e. The van der Waals surface area contributed by atoms with E-state index in [1.54, 1.807) is 6.07 Å². The molecule has 102 valence electrons. The van der Waals surface area contributed by atoms with Crippen LogP contribution in [0, 0.1) is 24.6 Å². The highest BCUT2D eigenvalue weighted by Gasteiger charge is 2.01. The maximum atomic E-state index is 13.5. The summed E-state index contributed by atoms with van der Waals surface area (Å²) in [6.45, 7) is 2.67. The lowest BCUT2D eigenvalue weighted by Gasteiger charge is -2.07. The van der Waals surface area contributed by atoms with Gasteiger partial charge in [0.1, 0.15) is 18.2 Å². The molecule has 3 heteroatoms. The average Bonchev–Trinajstić information content (AvgIpc) is 2.44. The monoisotopic (exact) mass is 269 g/mol. The van der Waals surface area contributed by atoms with Gasteiger partial charge >= 0.3 is 0 Å². The van der Waals surface area contributed by atoms with Crippen LogP contribution in [0.1, 0.15) is 16.7 Å². The summed E-state index contributed by atoms with van der Waals surface area (Å²) in [6, 6.07) is 12.4. The van der Waals surface area contributed by atoms with Gasteiger partial charge in [0.15, 0.2) is 0 Å². The molecule has 0 heterocycles. The van der Waals surface area contributed by atoms with Gasteiger partial charge in [0, 0.05) is 11.6 Å². The second-order valence-corrected chi connectivity index (χ2v) is 4.46. The number of benzene rings is 2. The van der Waals surface area contributed by atoms with E-state index in [1.165, 1.54) is 17.7 Å². The summed E-state index contributed by atoms with van der Waals surface area (Å²) >= 11 is 0. The number of nitrogens with two attached hydrogens (primary N) is 1. The fourth-order valence-corrected chi connectivity index (χ4v) is 1.72. The molecule has 0 aliphatic carbocycles. The van der Waals surface area contributed by atoms with E-state index in [4.69, 9.17) is 10.5 Å². The Labute approximate surface area is 118 Å². The van der Waals surface area contributed by atoms with Gasteiger partial charge in [0.05, 0.1) is 6.54 Å². The fourth-order valence-electron chi connectivity index (χ4n) is 1.72. The molecule has 0 spiro atoms. The van der Waals surface area contributed by atoms with E-state index in [2.05, 4.69) is 11.8 Å². The van der Waals surface area contributed by atoms with Crippen molar-refractivity contribution in [2.24, 2.45) is 5.73 Å². The first-order valence-corrected chi connectivity index (χ1v) is 6.35. The predicted molar refractivity (Wildman–Crippen MR) is 77.8 cm³/mol. The molecule has 0 unspecified atom stereocenters. The Morgan fingerprint density at radius 2 is 1.90 bits per heavy atom. The highest BCUT2D eigenvalue weighted by molar-refractivity contribution is 5.40. The van der Waals surface area contributed by atoms with Crippen molar-refractivity contribution in [1.29, 1.82) is 0 Å². The van der Waals surface area contributed by atoms with Crippen molar-refractivity contribution >= 4 is 0 Å². The Balaban J connectivity index is 2.09. The van der Waals surface area contributed by atoms with Crippen LogP contribution in [0.4, 0.5) is 4.39 Å². The van der Waals surface area contributed by atoms with Crippen LogP contribution in [0.15, 0.2) is 42.5 Å². The molecule has 0 atom stereocenters. The van der Waals surface area contributed by atoms with Crippen molar-refractivity contribution in [1.82, 2.24) is 0 Å². The van der Waals surface area contributed by atoms with E-state index in [0.29, 0.717) is 17.9 Å². The van der Waals surface area contributed by atoms with Gasteiger partial charge in [0.25, 0.3) is 0 Å². The lowest BCUT2D eigenvalue weighted by molar-refractivity contribution is 0.304. The lowest BCUT2D eigenvalue weighted by atomic mass is 10.1. The summed E-state index contributed by atoms with van der Waals surface area (Å²) in [7, 11) is 0. The minimum absolute atomic E-state index is 0.246. The highest BCUT2D eigenvalue weighted by atomic mass is 19.1. The minimum Gasteiger partial charge on any atom is -0.489 e. The van der Waals surface area contributed by atoms with E-state index in [-0.39, 0.29) is 12.4 Å². The summed E-state index contributed by atoms with van der Waals surface area (Å²) < 4.78 is 19.0. The van der Waals surface area contributed by atoms with Crippen LogP contribution < -0.4 is 10.5 Å². The molecule has 2 rings (SSSR count). The third kappa shape index (κ3) is 4.11. The van der Waals surface area contributed by atoms with Gasteiger partial charge in [-0.2, -0.15) is 0 Å². The summed E-state index contributed by atoms with van der Waals surface area (Å²) in [5.74, 6) is 5.59. The zero-order valence-electron chi connectivity index (χ0n) is 11.3. The topological polar surface area (TPSA) is 35.2 Å². The quantitative estimate of drug-likeness (QED) is 0.869. The molecule has 0 amide bonds. The molecule has 2 nitrogen and oxygen atoms in total. The second-order valence-electron chi connectivity index (χ2n) is 4.46. The molecular weight excluding hydrogens is 253 g/mol. The first-order valence-electron chi connectivity index (χ1n) is 6.35. The molecule has 0 bridgehead atoms. The molecule has 0 saturated heterocycles. The van der Waals surface area contributed by atoms with Crippen molar-refractivity contribution in [3.8, 4) is 17.6 Å². The Morgan fingerprint density at radius 3 is 2.60 bits per heavy atom. The van der Waals surface area contributed by atoms with Crippen molar-refractivity contribution in [2.75, 3.05) is 6.54 Å². The number of aryl methyl sites for hydroxylation is 1. The summed E-state index contributed by atoms with van der Waals surface area (Å²) in [5.41, 5.74) is 8.09. The number of rotatable bonds is 3. The number of hydrogen-bond donors (Lipinski definition) is 1. The minimum atomic E-state index is -0.368. The first-order chi connectivity index (χ1) is 9.67. The molecule has 0 aromatic heterocycles. The molecule has 2 N–H and O–H groups in total. The number of halogens is 1. The van der Waals surface area contributed by atoms with E-state index in [9.17, 15) is 4.39 Å². The third-order valence-electron chi connectivity index (χ3n) is 2.73. The predicted octanol–water partition coefficient (Wildman–Crippen LogP) is 3.02. The van der Waals surface area contributed by atoms with Crippen LogP contribution >= 0.6 is 0 Å². The van der Waals surface area contributed by atoms with E-state index < -0.39 is 0 Å². The molecule has 0 aliphatic heterocycles. The Kier molecular flexibility index (Phi) is 4.75. The van der Waals surface area contributed by atoms with Crippen LogP contribution in [0.2, 0.25) is 0 Å². The third-order valence-corrected chi connectivity index (χ3v) is 2.73. The maximum absolute atomic E-state index is 13.5. The Bertz CT molecular complexity index is 638. The highest BCUT2D eigenvalue weighted by Crippen LogP contribution is 2.17. The van der Waals surface area contributed by atoms with Gasteiger partial charge in [-0.05, 0) is 24.6 Å². The summed E-state index contributed by atoms with van der Waals surface area (Å²) in [6.07, 6.45) is 0. The van der Waals surface area contributed by atoms with E-state index in [1.807, 2.05) is 31.2 Å². The zero-order valence-corrected chi connectivity index (χ0v) is 11.3. The van der Waals surface area contributed by atoms with Crippen molar-refractivity contribution in [3.63, 3.8) is 0 Å². The largest absolute Gasteiger partial charge is 0.489 e. The van der Waals surface area contributed by atoms with Crippen LogP contribution in [0.5, 0.6) is 5.75 Å². The van der Waals surface area contributed by atoms with Crippen molar-refractivity contribution < 1.29 is 9.13 Å². The molecule has 2 aromatic carbocycles. The number of ether oxygens (including phenoxy) is 1. The molecule has 0 saturated carbocycles. The van der Waals surface area contributed by atoms with Crippen LogP contribution in [0.25, 0.3) is 0 Å². The van der Waals surface area contributed by atoms with Crippen LogP contribution in [-0.2, 0) is 6.61 Å². The zero-order chi connectivity index (χ0) is 14.4. The van der Waals surface area contributed by atoms with Gasteiger partial charge in [-0.15, -0.1) is 0 Å². The molecular formula is C17H16FNO. The number of hydrogen-bond acceptors (Lipinski definition) is 2.